The van der Waals surface area contributed by atoms with E-state index in [9.17, 15) is 0 Å². The summed E-state index contributed by atoms with van der Waals surface area (Å²) in [6, 6.07) is 5.15. The van der Waals surface area contributed by atoms with E-state index in [0.717, 1.165) is 36.6 Å². The van der Waals surface area contributed by atoms with Gasteiger partial charge in [0.25, 0.3) is 0 Å². The van der Waals surface area contributed by atoms with Crippen LogP contribution in [-0.2, 0) is 0 Å². The van der Waals surface area contributed by atoms with E-state index in [1.54, 1.807) is 0 Å². The zero-order valence-electron chi connectivity index (χ0n) is 12.7. The van der Waals surface area contributed by atoms with Gasteiger partial charge in [0.05, 0.1) is 6.04 Å². The number of nitrogens with two attached hydrogens (primary N) is 1. The zero-order valence-corrected chi connectivity index (χ0v) is 12.7. The number of furan rings is 1. The molecule has 3 atom stereocenters. The van der Waals surface area contributed by atoms with Gasteiger partial charge >= 0.3 is 0 Å². The van der Waals surface area contributed by atoms with Crippen LogP contribution in [0, 0.1) is 12.8 Å². The zero-order chi connectivity index (χ0) is 14.1. The standard InChI is InChI=1S/C16H27N3O/c1-12-5-6-16(20-12)15(10-17)19-9-7-14-13(11-19)4-3-8-18(14)2/h5-6,13-15H,3-4,7-11,17H2,1-2H3. The molecular formula is C16H27N3O. The molecule has 3 heterocycles. The summed E-state index contributed by atoms with van der Waals surface area (Å²) in [4.78, 5) is 5.10. The summed E-state index contributed by atoms with van der Waals surface area (Å²) in [6.45, 7) is 6.20. The molecule has 4 nitrogen and oxygen atoms in total. The van der Waals surface area contributed by atoms with Crippen LogP contribution in [0.4, 0.5) is 0 Å². The normalized spacial score (nSPS) is 30.1. The molecule has 0 saturated carbocycles. The van der Waals surface area contributed by atoms with Gasteiger partial charge < -0.3 is 15.1 Å². The molecule has 1 aromatic heterocycles. The van der Waals surface area contributed by atoms with Crippen molar-refractivity contribution in [2.45, 2.75) is 38.3 Å². The number of rotatable bonds is 3. The van der Waals surface area contributed by atoms with Gasteiger partial charge in [-0.1, -0.05) is 0 Å². The summed E-state index contributed by atoms with van der Waals surface area (Å²) in [5, 5.41) is 0. The Kier molecular flexibility index (Phi) is 4.15. The van der Waals surface area contributed by atoms with E-state index < -0.39 is 0 Å². The number of hydrogen-bond acceptors (Lipinski definition) is 4. The molecule has 0 bridgehead atoms. The van der Waals surface area contributed by atoms with Crippen LogP contribution < -0.4 is 5.73 Å². The topological polar surface area (TPSA) is 45.6 Å². The predicted octanol–water partition coefficient (Wildman–Crippen LogP) is 2.00. The second-order valence-corrected chi connectivity index (χ2v) is 6.43. The van der Waals surface area contributed by atoms with Gasteiger partial charge in [0, 0.05) is 25.7 Å². The Bertz CT molecular complexity index is 445. The van der Waals surface area contributed by atoms with Crippen LogP contribution in [0.3, 0.4) is 0 Å². The first-order valence-corrected chi connectivity index (χ1v) is 7.89. The molecular weight excluding hydrogens is 250 g/mol. The van der Waals surface area contributed by atoms with Crippen molar-refractivity contribution >= 4 is 0 Å². The van der Waals surface area contributed by atoms with Gasteiger partial charge in [-0.15, -0.1) is 0 Å². The first-order chi connectivity index (χ1) is 9.69. The average molecular weight is 277 g/mol. The maximum absolute atomic E-state index is 6.03. The number of likely N-dealkylation sites (tertiary alicyclic amines) is 2. The number of nitrogens with zero attached hydrogens (tertiary/aromatic N) is 2. The van der Waals surface area contributed by atoms with Gasteiger partial charge in [-0.3, -0.25) is 4.90 Å². The first kappa shape index (κ1) is 14.1. The van der Waals surface area contributed by atoms with Gasteiger partial charge in [-0.2, -0.15) is 0 Å². The largest absolute Gasteiger partial charge is 0.465 e. The van der Waals surface area contributed by atoms with Gasteiger partial charge in [-0.25, -0.2) is 0 Å². The van der Waals surface area contributed by atoms with E-state index in [1.165, 1.54) is 25.8 Å². The molecule has 2 fully saturated rings. The summed E-state index contributed by atoms with van der Waals surface area (Å²) in [7, 11) is 2.28. The molecule has 0 radical (unpaired) electrons. The van der Waals surface area contributed by atoms with Crippen molar-refractivity contribution in [2.75, 3.05) is 33.2 Å². The maximum atomic E-state index is 6.03. The molecule has 20 heavy (non-hydrogen) atoms. The highest BCUT2D eigenvalue weighted by Crippen LogP contribution is 2.33. The molecule has 0 aromatic carbocycles. The van der Waals surface area contributed by atoms with E-state index in [4.69, 9.17) is 10.2 Å². The molecule has 0 amide bonds. The number of aryl methyl sites for hydroxylation is 1. The minimum absolute atomic E-state index is 0.247. The highest BCUT2D eigenvalue weighted by atomic mass is 16.3. The molecule has 2 saturated heterocycles. The van der Waals surface area contributed by atoms with Gasteiger partial charge in [0.15, 0.2) is 0 Å². The van der Waals surface area contributed by atoms with Gasteiger partial charge in [0.2, 0.25) is 0 Å². The third-order valence-electron chi connectivity index (χ3n) is 5.13. The molecule has 3 unspecified atom stereocenters. The Hall–Kier alpha value is -0.840. The SMILES string of the molecule is Cc1ccc(C(CN)N2CCC3C(CCCN3C)C2)o1. The lowest BCUT2D eigenvalue weighted by Gasteiger charge is -2.47. The fourth-order valence-corrected chi connectivity index (χ4v) is 4.04. The highest BCUT2D eigenvalue weighted by Gasteiger charge is 2.36. The smallest absolute Gasteiger partial charge is 0.122 e. The molecule has 2 N–H and O–H groups in total. The summed E-state index contributed by atoms with van der Waals surface area (Å²) in [5.74, 6) is 2.81. The quantitative estimate of drug-likeness (QED) is 0.918. The van der Waals surface area contributed by atoms with Crippen LogP contribution in [0.1, 0.15) is 36.8 Å². The monoisotopic (exact) mass is 277 g/mol. The van der Waals surface area contributed by atoms with Gasteiger partial charge in [-0.05, 0) is 57.8 Å². The number of fused-ring (bicyclic) bond motifs is 1. The molecule has 2 aliphatic rings. The fourth-order valence-electron chi connectivity index (χ4n) is 4.04. The average Bonchev–Trinajstić information content (AvgIpc) is 2.86. The van der Waals surface area contributed by atoms with Crippen LogP contribution in [0.2, 0.25) is 0 Å². The number of hydrogen-bond donors (Lipinski definition) is 1. The van der Waals surface area contributed by atoms with E-state index in [1.807, 2.05) is 13.0 Å². The molecule has 0 spiro atoms. The Morgan fingerprint density at radius 2 is 2.20 bits per heavy atom. The molecule has 112 valence electrons. The van der Waals surface area contributed by atoms with Crippen molar-refractivity contribution in [2.24, 2.45) is 11.7 Å². The fraction of sp³-hybridized carbons (Fsp3) is 0.750. The molecule has 1 aromatic rings. The summed E-state index contributed by atoms with van der Waals surface area (Å²) < 4.78 is 5.81. The Labute approximate surface area is 121 Å². The molecule has 2 aliphatic heterocycles. The third-order valence-corrected chi connectivity index (χ3v) is 5.13. The second kappa shape index (κ2) is 5.88. The van der Waals surface area contributed by atoms with Crippen molar-refractivity contribution in [1.82, 2.24) is 9.80 Å². The number of piperidine rings is 2. The molecule has 3 rings (SSSR count). The Morgan fingerprint density at radius 1 is 1.35 bits per heavy atom. The Morgan fingerprint density at radius 3 is 2.90 bits per heavy atom. The predicted molar refractivity (Wildman–Crippen MR) is 80.6 cm³/mol. The van der Waals surface area contributed by atoms with E-state index in [2.05, 4.69) is 22.9 Å². The lowest BCUT2D eigenvalue weighted by atomic mass is 9.83. The van der Waals surface area contributed by atoms with Crippen molar-refractivity contribution < 1.29 is 4.42 Å². The molecule has 4 heteroatoms. The maximum Gasteiger partial charge on any atom is 0.122 e. The second-order valence-electron chi connectivity index (χ2n) is 6.43. The van der Waals surface area contributed by atoms with Crippen LogP contribution in [0.5, 0.6) is 0 Å². The summed E-state index contributed by atoms with van der Waals surface area (Å²) in [6.07, 6.45) is 3.95. The highest BCUT2D eigenvalue weighted by molar-refractivity contribution is 5.11. The van der Waals surface area contributed by atoms with Gasteiger partial charge in [0.1, 0.15) is 11.5 Å². The summed E-state index contributed by atoms with van der Waals surface area (Å²) >= 11 is 0. The van der Waals surface area contributed by atoms with Crippen molar-refractivity contribution in [3.63, 3.8) is 0 Å². The van der Waals surface area contributed by atoms with Crippen LogP contribution in [-0.4, -0.2) is 49.1 Å². The van der Waals surface area contributed by atoms with Crippen molar-refractivity contribution in [3.8, 4) is 0 Å². The lowest BCUT2D eigenvalue weighted by molar-refractivity contribution is 0.0170. The minimum atomic E-state index is 0.247. The van der Waals surface area contributed by atoms with Crippen LogP contribution in [0.25, 0.3) is 0 Å². The van der Waals surface area contributed by atoms with Crippen molar-refractivity contribution in [3.05, 3.63) is 23.7 Å². The van der Waals surface area contributed by atoms with Crippen LogP contribution in [0.15, 0.2) is 16.5 Å². The van der Waals surface area contributed by atoms with Crippen LogP contribution >= 0.6 is 0 Å². The Balaban J connectivity index is 1.71. The van der Waals surface area contributed by atoms with E-state index in [-0.39, 0.29) is 6.04 Å². The van der Waals surface area contributed by atoms with E-state index >= 15 is 0 Å². The van der Waals surface area contributed by atoms with Crippen molar-refractivity contribution in [1.29, 1.82) is 0 Å². The third kappa shape index (κ3) is 2.65. The van der Waals surface area contributed by atoms with E-state index in [0.29, 0.717) is 6.54 Å². The lowest BCUT2D eigenvalue weighted by Crippen LogP contribution is -2.53. The molecule has 0 aliphatic carbocycles. The first-order valence-electron chi connectivity index (χ1n) is 7.89. The minimum Gasteiger partial charge on any atom is -0.465 e. The summed E-state index contributed by atoms with van der Waals surface area (Å²) in [5.41, 5.74) is 6.03.